The van der Waals surface area contributed by atoms with Crippen LogP contribution < -0.4 is 0 Å². The van der Waals surface area contributed by atoms with Crippen LogP contribution in [0, 0.1) is 6.92 Å². The lowest BCUT2D eigenvalue weighted by atomic mass is 10.2. The monoisotopic (exact) mass is 221 g/mol. The first-order valence-electron chi connectivity index (χ1n) is 5.32. The fourth-order valence-electron chi connectivity index (χ4n) is 1.77. The molecule has 0 saturated carbocycles. The van der Waals surface area contributed by atoms with Crippen LogP contribution in [-0.4, -0.2) is 26.4 Å². The maximum atomic E-state index is 9.45. The fourth-order valence-corrected chi connectivity index (χ4v) is 1.77. The van der Waals surface area contributed by atoms with Gasteiger partial charge in [-0.15, -0.1) is 0 Å². The van der Waals surface area contributed by atoms with Crippen LogP contribution in [0.3, 0.4) is 0 Å². The molecule has 0 aliphatic carbocycles. The Morgan fingerprint density at radius 3 is 2.94 bits per heavy atom. The minimum atomic E-state index is -0.213. The lowest BCUT2D eigenvalue weighted by Crippen LogP contribution is -2.16. The van der Waals surface area contributed by atoms with Gasteiger partial charge in [0.2, 0.25) is 0 Å². The molecule has 1 N–H and O–H groups in total. The maximum Gasteiger partial charge on any atom is 0.134 e. The predicted octanol–water partition coefficient (Wildman–Crippen LogP) is 1.32. The molecule has 2 aromatic rings. The summed E-state index contributed by atoms with van der Waals surface area (Å²) in [5.74, 6) is 1.67. The van der Waals surface area contributed by atoms with Crippen LogP contribution in [0.15, 0.2) is 23.0 Å². The van der Waals surface area contributed by atoms with Crippen molar-refractivity contribution < 1.29 is 9.63 Å². The van der Waals surface area contributed by atoms with Crippen LogP contribution in [0.25, 0.3) is 0 Å². The number of rotatable bonds is 4. The van der Waals surface area contributed by atoms with Crippen LogP contribution in [0.5, 0.6) is 0 Å². The van der Waals surface area contributed by atoms with Gasteiger partial charge >= 0.3 is 0 Å². The van der Waals surface area contributed by atoms with Gasteiger partial charge in [-0.2, -0.15) is 0 Å². The smallest absolute Gasteiger partial charge is 0.134 e. The van der Waals surface area contributed by atoms with E-state index in [9.17, 15) is 5.11 Å². The number of nitrogens with zero attached hydrogens (tertiary/aromatic N) is 3. The summed E-state index contributed by atoms with van der Waals surface area (Å²) in [5.41, 5.74) is 0.729. The molecule has 0 amide bonds. The molecule has 0 fully saturated rings. The average molecular weight is 221 g/mol. The third kappa shape index (κ3) is 1.86. The molecule has 1 atom stereocenters. The first-order valence-corrected chi connectivity index (χ1v) is 5.32. The summed E-state index contributed by atoms with van der Waals surface area (Å²) in [6, 6.07) is 1.62. The maximum absolute atomic E-state index is 9.45. The van der Waals surface area contributed by atoms with Crippen LogP contribution in [0.4, 0.5) is 0 Å². The third-order valence-electron chi connectivity index (χ3n) is 2.56. The van der Waals surface area contributed by atoms with E-state index in [4.69, 9.17) is 4.52 Å². The molecule has 2 heterocycles. The summed E-state index contributed by atoms with van der Waals surface area (Å²) in [6.45, 7) is 3.84. The second kappa shape index (κ2) is 4.49. The standard InChI is InChI=1S/C11H15N3O2/c1-3-11-12-4-5-14(11)10(7-15)9-6-8(2)16-13-9/h4-6,10,15H,3,7H2,1-2H3. The SMILES string of the molecule is CCc1nccn1C(CO)c1cc(C)on1. The van der Waals surface area contributed by atoms with Crippen molar-refractivity contribution in [2.45, 2.75) is 26.3 Å². The Balaban J connectivity index is 2.36. The number of aliphatic hydroxyl groups excluding tert-OH is 1. The zero-order valence-corrected chi connectivity index (χ0v) is 9.42. The molecule has 5 heteroatoms. The Kier molecular flexibility index (Phi) is 3.05. The lowest BCUT2D eigenvalue weighted by molar-refractivity contribution is 0.239. The van der Waals surface area contributed by atoms with E-state index in [1.165, 1.54) is 0 Å². The van der Waals surface area contributed by atoms with Gasteiger partial charge in [0.25, 0.3) is 0 Å². The minimum Gasteiger partial charge on any atom is -0.394 e. The van der Waals surface area contributed by atoms with E-state index in [0.29, 0.717) is 0 Å². The number of imidazole rings is 1. The van der Waals surface area contributed by atoms with Crippen molar-refractivity contribution in [3.05, 3.63) is 35.7 Å². The first-order chi connectivity index (χ1) is 7.76. The molecule has 0 bridgehead atoms. The Labute approximate surface area is 93.7 Å². The van der Waals surface area contributed by atoms with Crippen LogP contribution in [-0.2, 0) is 6.42 Å². The van der Waals surface area contributed by atoms with Crippen molar-refractivity contribution in [1.82, 2.24) is 14.7 Å². The quantitative estimate of drug-likeness (QED) is 0.845. The molecular formula is C11H15N3O2. The van der Waals surface area contributed by atoms with E-state index in [2.05, 4.69) is 10.1 Å². The highest BCUT2D eigenvalue weighted by molar-refractivity contribution is 5.12. The van der Waals surface area contributed by atoms with Gasteiger partial charge in [-0.1, -0.05) is 12.1 Å². The van der Waals surface area contributed by atoms with E-state index < -0.39 is 0 Å². The van der Waals surface area contributed by atoms with Crippen LogP contribution in [0.2, 0.25) is 0 Å². The number of hydrogen-bond donors (Lipinski definition) is 1. The van der Waals surface area contributed by atoms with E-state index in [0.717, 1.165) is 23.7 Å². The molecule has 2 aromatic heterocycles. The zero-order valence-electron chi connectivity index (χ0n) is 9.42. The number of aromatic nitrogens is 3. The highest BCUT2D eigenvalue weighted by Crippen LogP contribution is 2.19. The fraction of sp³-hybridized carbons (Fsp3) is 0.455. The molecule has 0 aliphatic heterocycles. The molecule has 1 unspecified atom stereocenters. The second-order valence-corrected chi connectivity index (χ2v) is 3.67. The van der Waals surface area contributed by atoms with Gasteiger partial charge in [0, 0.05) is 24.9 Å². The topological polar surface area (TPSA) is 64.1 Å². The van der Waals surface area contributed by atoms with E-state index in [1.54, 1.807) is 6.20 Å². The van der Waals surface area contributed by atoms with Crippen molar-refractivity contribution in [1.29, 1.82) is 0 Å². The number of hydrogen-bond acceptors (Lipinski definition) is 4. The molecule has 0 saturated heterocycles. The normalized spacial score (nSPS) is 12.9. The van der Waals surface area contributed by atoms with E-state index in [1.807, 2.05) is 30.7 Å². The first kappa shape index (κ1) is 10.9. The summed E-state index contributed by atoms with van der Waals surface area (Å²) in [7, 11) is 0. The molecular weight excluding hydrogens is 206 g/mol. The summed E-state index contributed by atoms with van der Waals surface area (Å²) in [4.78, 5) is 4.23. The molecule has 86 valence electrons. The largest absolute Gasteiger partial charge is 0.394 e. The van der Waals surface area contributed by atoms with Crippen LogP contribution in [0.1, 0.15) is 30.2 Å². The van der Waals surface area contributed by atoms with Crippen molar-refractivity contribution in [2.75, 3.05) is 6.61 Å². The highest BCUT2D eigenvalue weighted by Gasteiger charge is 2.18. The zero-order chi connectivity index (χ0) is 11.5. The Hall–Kier alpha value is -1.62. The van der Waals surface area contributed by atoms with Gasteiger partial charge in [-0.05, 0) is 6.92 Å². The summed E-state index contributed by atoms with van der Waals surface area (Å²) in [5, 5.41) is 13.4. The Morgan fingerprint density at radius 1 is 1.56 bits per heavy atom. The van der Waals surface area contributed by atoms with E-state index in [-0.39, 0.29) is 12.6 Å². The summed E-state index contributed by atoms with van der Waals surface area (Å²) < 4.78 is 6.95. The van der Waals surface area contributed by atoms with E-state index >= 15 is 0 Å². The van der Waals surface area contributed by atoms with Gasteiger partial charge in [-0.25, -0.2) is 4.98 Å². The van der Waals surface area contributed by atoms with Gasteiger partial charge in [0.15, 0.2) is 0 Å². The van der Waals surface area contributed by atoms with Crippen molar-refractivity contribution in [3.8, 4) is 0 Å². The molecule has 0 aromatic carbocycles. The van der Waals surface area contributed by atoms with Gasteiger partial charge < -0.3 is 14.2 Å². The summed E-state index contributed by atoms with van der Waals surface area (Å²) in [6.07, 6.45) is 4.40. The third-order valence-corrected chi connectivity index (χ3v) is 2.56. The summed E-state index contributed by atoms with van der Waals surface area (Å²) >= 11 is 0. The molecule has 16 heavy (non-hydrogen) atoms. The number of aliphatic hydroxyl groups is 1. The highest BCUT2D eigenvalue weighted by atomic mass is 16.5. The number of aryl methyl sites for hydroxylation is 2. The molecule has 0 radical (unpaired) electrons. The van der Waals surface area contributed by atoms with Crippen LogP contribution >= 0.6 is 0 Å². The second-order valence-electron chi connectivity index (χ2n) is 3.67. The average Bonchev–Trinajstić information content (AvgIpc) is 2.89. The molecule has 5 nitrogen and oxygen atoms in total. The van der Waals surface area contributed by atoms with Gasteiger partial charge in [0.1, 0.15) is 23.3 Å². The molecule has 0 spiro atoms. The van der Waals surface area contributed by atoms with Gasteiger partial charge in [0.05, 0.1) is 6.61 Å². The minimum absolute atomic E-state index is 0.0185. The Bertz CT molecular complexity index is 461. The Morgan fingerprint density at radius 2 is 2.38 bits per heavy atom. The molecule has 0 aliphatic rings. The lowest BCUT2D eigenvalue weighted by Gasteiger charge is -2.15. The molecule has 2 rings (SSSR count). The van der Waals surface area contributed by atoms with Crippen molar-refractivity contribution in [3.63, 3.8) is 0 Å². The predicted molar refractivity (Wildman–Crippen MR) is 58.1 cm³/mol. The van der Waals surface area contributed by atoms with Crippen molar-refractivity contribution >= 4 is 0 Å². The van der Waals surface area contributed by atoms with Crippen molar-refractivity contribution in [2.24, 2.45) is 0 Å². The van der Waals surface area contributed by atoms with Gasteiger partial charge in [-0.3, -0.25) is 0 Å².